The Morgan fingerprint density at radius 1 is 1.85 bits per heavy atom. The summed E-state index contributed by atoms with van der Waals surface area (Å²) in [5.41, 5.74) is 0. The fourth-order valence-corrected chi connectivity index (χ4v) is 0.837. The van der Waals surface area contributed by atoms with Crippen molar-refractivity contribution in [3.63, 3.8) is 0 Å². The lowest BCUT2D eigenvalue weighted by molar-refractivity contribution is 0.137. The van der Waals surface area contributed by atoms with Gasteiger partial charge in [-0.3, -0.25) is 4.90 Å². The van der Waals surface area contributed by atoms with Gasteiger partial charge >= 0.3 is 6.09 Å². The van der Waals surface area contributed by atoms with Gasteiger partial charge in [-0.1, -0.05) is 5.92 Å². The van der Waals surface area contributed by atoms with Crippen LogP contribution in [0.5, 0.6) is 0 Å². The van der Waals surface area contributed by atoms with Gasteiger partial charge in [0.15, 0.2) is 0 Å². The van der Waals surface area contributed by atoms with Crippen molar-refractivity contribution in [1.82, 2.24) is 4.90 Å². The molecule has 13 heavy (non-hydrogen) atoms. The lowest BCUT2D eigenvalue weighted by Gasteiger charge is -2.22. The van der Waals surface area contributed by atoms with Crippen molar-refractivity contribution in [2.24, 2.45) is 5.16 Å². The Morgan fingerprint density at radius 2 is 2.46 bits per heavy atom. The van der Waals surface area contributed by atoms with Crippen LogP contribution in [0.25, 0.3) is 0 Å². The minimum absolute atomic E-state index is 0.0375. The van der Waals surface area contributed by atoms with Crippen molar-refractivity contribution in [3.8, 4) is 12.3 Å². The minimum atomic E-state index is -1.07. The van der Waals surface area contributed by atoms with Crippen LogP contribution < -0.4 is 0 Å². The van der Waals surface area contributed by atoms with Gasteiger partial charge in [0, 0.05) is 18.7 Å². The van der Waals surface area contributed by atoms with Gasteiger partial charge in [-0.2, -0.15) is 0 Å². The topological polar surface area (TPSA) is 73.1 Å². The summed E-state index contributed by atoms with van der Waals surface area (Å²) in [4.78, 5) is 11.7. The van der Waals surface area contributed by atoms with E-state index in [2.05, 4.69) is 11.1 Å². The second kappa shape index (κ2) is 5.89. The lowest BCUT2D eigenvalue weighted by Crippen LogP contribution is -2.38. The molecule has 0 bridgehead atoms. The Balaban J connectivity index is 4.20. The molecule has 0 fully saturated rings. The van der Waals surface area contributed by atoms with Crippen LogP contribution in [-0.2, 0) is 0 Å². The van der Waals surface area contributed by atoms with Crippen molar-refractivity contribution < 1.29 is 15.1 Å². The average molecular weight is 184 g/mol. The number of hydrogen-bond acceptors (Lipinski definition) is 3. The highest BCUT2D eigenvalue weighted by molar-refractivity contribution is 5.67. The van der Waals surface area contributed by atoms with E-state index in [9.17, 15) is 4.79 Å². The van der Waals surface area contributed by atoms with Gasteiger partial charge in [-0.15, -0.1) is 11.6 Å². The van der Waals surface area contributed by atoms with Crippen LogP contribution in [0, 0.1) is 12.3 Å². The first kappa shape index (κ1) is 11.3. The number of nitrogens with zero attached hydrogens (tertiary/aromatic N) is 2. The van der Waals surface area contributed by atoms with Crippen LogP contribution in [0.15, 0.2) is 5.16 Å². The lowest BCUT2D eigenvalue weighted by atomic mass is 10.2. The van der Waals surface area contributed by atoms with Crippen molar-refractivity contribution in [3.05, 3.63) is 0 Å². The molecule has 1 atom stereocenters. The van der Waals surface area contributed by atoms with Gasteiger partial charge < -0.3 is 10.3 Å². The van der Waals surface area contributed by atoms with Crippen molar-refractivity contribution in [2.45, 2.75) is 19.4 Å². The van der Waals surface area contributed by atoms with Crippen LogP contribution in [-0.4, -0.2) is 40.1 Å². The van der Waals surface area contributed by atoms with Crippen LogP contribution in [0.1, 0.15) is 13.3 Å². The summed E-state index contributed by atoms with van der Waals surface area (Å²) in [7, 11) is 0. The molecule has 0 radical (unpaired) electrons. The molecule has 5 nitrogen and oxygen atoms in total. The Morgan fingerprint density at radius 3 is 2.85 bits per heavy atom. The number of oxime groups is 1. The Hall–Kier alpha value is -1.70. The van der Waals surface area contributed by atoms with Gasteiger partial charge in [-0.25, -0.2) is 4.79 Å². The molecule has 0 saturated carbocycles. The summed E-state index contributed by atoms with van der Waals surface area (Å²) in [6.45, 7) is 1.73. The van der Waals surface area contributed by atoms with Gasteiger partial charge in [-0.05, 0) is 6.92 Å². The molecule has 1 amide bonds. The number of carboxylic acid groups (broad SMARTS) is 1. The van der Waals surface area contributed by atoms with Crippen molar-refractivity contribution in [2.75, 3.05) is 6.54 Å². The van der Waals surface area contributed by atoms with E-state index in [1.807, 2.05) is 0 Å². The van der Waals surface area contributed by atoms with Gasteiger partial charge in [0.1, 0.15) is 0 Å². The largest absolute Gasteiger partial charge is 0.465 e. The third-order valence-electron chi connectivity index (χ3n) is 1.57. The average Bonchev–Trinajstić information content (AvgIpc) is 2.09. The van der Waals surface area contributed by atoms with Gasteiger partial charge in [0.2, 0.25) is 0 Å². The van der Waals surface area contributed by atoms with E-state index >= 15 is 0 Å². The maximum atomic E-state index is 10.6. The highest BCUT2D eigenvalue weighted by Gasteiger charge is 2.16. The van der Waals surface area contributed by atoms with Crippen molar-refractivity contribution >= 4 is 12.3 Å². The molecule has 0 aromatic rings. The Kier molecular flexibility index (Phi) is 5.12. The molecule has 0 spiro atoms. The summed E-state index contributed by atoms with van der Waals surface area (Å²) in [5.74, 6) is 2.24. The van der Waals surface area contributed by atoms with E-state index in [-0.39, 0.29) is 12.6 Å². The predicted molar refractivity (Wildman–Crippen MR) is 47.9 cm³/mol. The molecule has 0 aromatic heterocycles. The molecule has 0 aliphatic rings. The number of rotatable bonds is 4. The third kappa shape index (κ3) is 4.01. The highest BCUT2D eigenvalue weighted by atomic mass is 16.4. The second-order valence-corrected chi connectivity index (χ2v) is 2.50. The Labute approximate surface area is 76.7 Å². The third-order valence-corrected chi connectivity index (χ3v) is 1.57. The van der Waals surface area contributed by atoms with Crippen LogP contribution in [0.2, 0.25) is 0 Å². The summed E-state index contributed by atoms with van der Waals surface area (Å²) in [6.07, 6.45) is 5.49. The zero-order valence-corrected chi connectivity index (χ0v) is 7.34. The molecule has 0 rings (SSSR count). The van der Waals surface area contributed by atoms with Crippen LogP contribution in [0.4, 0.5) is 4.79 Å². The zero-order chi connectivity index (χ0) is 10.3. The van der Waals surface area contributed by atoms with E-state index in [1.54, 1.807) is 6.92 Å². The molecular formula is C8H12N2O3. The van der Waals surface area contributed by atoms with E-state index in [1.165, 1.54) is 6.21 Å². The summed E-state index contributed by atoms with van der Waals surface area (Å²) < 4.78 is 0. The molecule has 0 aliphatic heterocycles. The quantitative estimate of drug-likeness (QED) is 0.294. The monoisotopic (exact) mass is 184 g/mol. The fraction of sp³-hybridized carbons (Fsp3) is 0.500. The molecule has 0 saturated heterocycles. The SMILES string of the molecule is C#CCN(C(=O)O)C(C)CC=NO. The number of hydrogen-bond donors (Lipinski definition) is 2. The second-order valence-electron chi connectivity index (χ2n) is 2.50. The molecule has 2 N–H and O–H groups in total. The van der Waals surface area contributed by atoms with Gasteiger partial charge in [0.05, 0.1) is 6.54 Å². The minimum Gasteiger partial charge on any atom is -0.465 e. The van der Waals surface area contributed by atoms with Gasteiger partial charge in [0.25, 0.3) is 0 Å². The number of carbonyl (C=O) groups is 1. The maximum Gasteiger partial charge on any atom is 0.408 e. The Bertz CT molecular complexity index is 232. The molecule has 1 unspecified atom stereocenters. The first-order chi connectivity index (χ1) is 6.13. The van der Waals surface area contributed by atoms with Crippen molar-refractivity contribution in [1.29, 1.82) is 0 Å². The number of terminal acetylenes is 1. The van der Waals surface area contributed by atoms with E-state index in [0.29, 0.717) is 6.42 Å². The first-order valence-corrected chi connectivity index (χ1v) is 3.72. The summed E-state index contributed by atoms with van der Waals surface area (Å²) in [6, 6.07) is -0.288. The van der Waals surface area contributed by atoms with Crippen LogP contribution in [0.3, 0.4) is 0 Å². The summed E-state index contributed by atoms with van der Waals surface area (Å²) in [5, 5.41) is 19.6. The fourth-order valence-electron chi connectivity index (χ4n) is 0.837. The molecular weight excluding hydrogens is 172 g/mol. The summed E-state index contributed by atoms with van der Waals surface area (Å²) >= 11 is 0. The smallest absolute Gasteiger partial charge is 0.408 e. The molecule has 0 heterocycles. The molecule has 0 aromatic carbocycles. The molecule has 5 heteroatoms. The normalized spacial score (nSPS) is 12.3. The van der Waals surface area contributed by atoms with E-state index in [4.69, 9.17) is 16.7 Å². The predicted octanol–water partition coefficient (Wildman–Crippen LogP) is 0.838. The zero-order valence-electron chi connectivity index (χ0n) is 7.34. The maximum absolute atomic E-state index is 10.6. The standard InChI is InChI=1S/C8H12N2O3/c1-3-6-10(8(11)12)7(2)4-5-9-13/h1,5,7,13H,4,6H2,2H3,(H,11,12). The van der Waals surface area contributed by atoms with E-state index in [0.717, 1.165) is 4.90 Å². The number of amides is 1. The molecule has 72 valence electrons. The van der Waals surface area contributed by atoms with E-state index < -0.39 is 6.09 Å². The highest BCUT2D eigenvalue weighted by Crippen LogP contribution is 2.01. The first-order valence-electron chi connectivity index (χ1n) is 3.72. The van der Waals surface area contributed by atoms with Crippen LogP contribution >= 0.6 is 0 Å². The molecule has 0 aliphatic carbocycles.